The average Bonchev–Trinajstić information content (AvgIpc) is 2.53. The highest BCUT2D eigenvalue weighted by Gasteiger charge is 2.15. The van der Waals surface area contributed by atoms with E-state index in [1.165, 1.54) is 0 Å². The highest BCUT2D eigenvalue weighted by molar-refractivity contribution is 5.88. The van der Waals surface area contributed by atoms with E-state index in [1.54, 1.807) is 12.1 Å². The molecule has 0 aliphatic carbocycles. The van der Waals surface area contributed by atoms with Crippen LogP contribution in [-0.2, 0) is 0 Å². The summed E-state index contributed by atoms with van der Waals surface area (Å²) in [7, 11) is 2.11. The first-order chi connectivity index (χ1) is 8.56. The van der Waals surface area contributed by atoms with Crippen LogP contribution in [0.3, 0.4) is 0 Å². The number of carboxylic acids is 1. The molecule has 1 N–H and O–H groups in total. The van der Waals surface area contributed by atoms with Crippen molar-refractivity contribution < 1.29 is 9.90 Å². The van der Waals surface area contributed by atoms with E-state index in [4.69, 9.17) is 5.11 Å². The molecule has 0 spiro atoms. The minimum Gasteiger partial charge on any atom is -0.478 e. The second-order valence-corrected chi connectivity index (χ2v) is 4.80. The highest BCUT2D eigenvalue weighted by atomic mass is 16.4. The van der Waals surface area contributed by atoms with Crippen molar-refractivity contribution in [1.82, 2.24) is 9.88 Å². The number of carbonyl (C=O) groups is 1. The molecule has 5 nitrogen and oxygen atoms in total. The van der Waals surface area contributed by atoms with Crippen molar-refractivity contribution in [1.29, 1.82) is 0 Å². The normalized spacial score (nSPS) is 17.6. The Bertz CT molecular complexity index is 448. The van der Waals surface area contributed by atoms with E-state index in [1.807, 2.05) is 6.92 Å². The lowest BCUT2D eigenvalue weighted by molar-refractivity contribution is 0.0696. The quantitative estimate of drug-likeness (QED) is 0.854. The lowest BCUT2D eigenvalue weighted by Gasteiger charge is -2.22. The van der Waals surface area contributed by atoms with Gasteiger partial charge in [-0.3, -0.25) is 0 Å². The Balaban J connectivity index is 2.24. The number of carboxylic acid groups (broad SMARTS) is 1. The Kier molecular flexibility index (Phi) is 3.81. The zero-order chi connectivity index (χ0) is 13.1. The Morgan fingerprint density at radius 1 is 1.28 bits per heavy atom. The number of hydrogen-bond acceptors (Lipinski definition) is 4. The molecule has 1 aromatic rings. The molecule has 18 heavy (non-hydrogen) atoms. The minimum atomic E-state index is -0.895. The number of anilines is 1. The average molecular weight is 249 g/mol. The molecule has 0 saturated carbocycles. The lowest BCUT2D eigenvalue weighted by atomic mass is 10.2. The minimum absolute atomic E-state index is 0.315. The van der Waals surface area contributed by atoms with Crippen molar-refractivity contribution >= 4 is 11.8 Å². The van der Waals surface area contributed by atoms with Crippen molar-refractivity contribution in [3.8, 4) is 0 Å². The second kappa shape index (κ2) is 5.35. The number of likely N-dealkylation sites (N-methyl/N-ethyl adjacent to an activating group) is 1. The third-order valence-electron chi connectivity index (χ3n) is 3.23. The summed E-state index contributed by atoms with van der Waals surface area (Å²) in [5.74, 6) is -0.114. The van der Waals surface area contributed by atoms with Crippen LogP contribution >= 0.6 is 0 Å². The molecule has 0 bridgehead atoms. The van der Waals surface area contributed by atoms with Crippen LogP contribution < -0.4 is 4.90 Å². The zero-order valence-electron chi connectivity index (χ0n) is 10.9. The van der Waals surface area contributed by atoms with Gasteiger partial charge in [-0.05, 0) is 39.1 Å². The van der Waals surface area contributed by atoms with E-state index in [0.29, 0.717) is 5.56 Å². The van der Waals surface area contributed by atoms with E-state index >= 15 is 0 Å². The summed E-state index contributed by atoms with van der Waals surface area (Å²) in [6.07, 6.45) is 1.08. The smallest absolute Gasteiger partial charge is 0.335 e. The summed E-state index contributed by atoms with van der Waals surface area (Å²) in [5.41, 5.74) is 1.07. The van der Waals surface area contributed by atoms with Crippen LogP contribution in [0.1, 0.15) is 22.5 Å². The molecule has 1 saturated heterocycles. The second-order valence-electron chi connectivity index (χ2n) is 4.80. The molecule has 0 amide bonds. The molecular formula is C13H19N3O2. The number of aryl methyl sites for hydroxylation is 1. The van der Waals surface area contributed by atoms with Gasteiger partial charge in [-0.2, -0.15) is 0 Å². The maximum Gasteiger partial charge on any atom is 0.335 e. The summed E-state index contributed by atoms with van der Waals surface area (Å²) in [6.45, 7) is 5.72. The van der Waals surface area contributed by atoms with Gasteiger partial charge in [-0.1, -0.05) is 0 Å². The van der Waals surface area contributed by atoms with Crippen molar-refractivity contribution in [3.63, 3.8) is 0 Å². The standard InChI is InChI=1S/C13H19N3O2/c1-10-8-11(13(17)18)9-12(14-10)16-5-3-4-15(2)6-7-16/h8-9H,3-7H2,1-2H3,(H,17,18). The topological polar surface area (TPSA) is 56.7 Å². The Morgan fingerprint density at radius 2 is 2.06 bits per heavy atom. The molecule has 2 heterocycles. The maximum absolute atomic E-state index is 11.1. The van der Waals surface area contributed by atoms with Gasteiger partial charge in [0.2, 0.25) is 0 Å². The highest BCUT2D eigenvalue weighted by Crippen LogP contribution is 2.17. The molecule has 1 aliphatic heterocycles. The number of rotatable bonds is 2. The van der Waals surface area contributed by atoms with Crippen molar-refractivity contribution in [2.24, 2.45) is 0 Å². The third kappa shape index (κ3) is 2.98. The Morgan fingerprint density at radius 3 is 2.78 bits per heavy atom. The summed E-state index contributed by atoms with van der Waals surface area (Å²) in [4.78, 5) is 20.0. The largest absolute Gasteiger partial charge is 0.478 e. The molecule has 98 valence electrons. The fourth-order valence-electron chi connectivity index (χ4n) is 2.21. The van der Waals surface area contributed by atoms with Gasteiger partial charge in [0.25, 0.3) is 0 Å². The molecule has 0 unspecified atom stereocenters. The fourth-order valence-corrected chi connectivity index (χ4v) is 2.21. The molecule has 1 fully saturated rings. The fraction of sp³-hybridized carbons (Fsp3) is 0.538. The van der Waals surface area contributed by atoms with Gasteiger partial charge in [0.15, 0.2) is 0 Å². The maximum atomic E-state index is 11.1. The van der Waals surface area contributed by atoms with Crippen LogP contribution in [0, 0.1) is 6.92 Å². The first kappa shape index (κ1) is 12.8. The van der Waals surface area contributed by atoms with Gasteiger partial charge < -0.3 is 14.9 Å². The van der Waals surface area contributed by atoms with Gasteiger partial charge >= 0.3 is 5.97 Å². The first-order valence-corrected chi connectivity index (χ1v) is 6.22. The van der Waals surface area contributed by atoms with E-state index in [2.05, 4.69) is 21.8 Å². The van der Waals surface area contributed by atoms with Crippen LogP contribution in [0.5, 0.6) is 0 Å². The van der Waals surface area contributed by atoms with Crippen LogP contribution in [0.25, 0.3) is 0 Å². The Hall–Kier alpha value is -1.62. The van der Waals surface area contributed by atoms with Crippen LogP contribution in [-0.4, -0.2) is 54.2 Å². The van der Waals surface area contributed by atoms with Crippen LogP contribution in [0.15, 0.2) is 12.1 Å². The number of nitrogens with zero attached hydrogens (tertiary/aromatic N) is 3. The van der Waals surface area contributed by atoms with E-state index in [9.17, 15) is 4.79 Å². The first-order valence-electron chi connectivity index (χ1n) is 6.22. The van der Waals surface area contributed by atoms with Crippen molar-refractivity contribution in [2.75, 3.05) is 38.1 Å². The molecule has 2 rings (SSSR count). The van der Waals surface area contributed by atoms with Crippen LogP contribution in [0.4, 0.5) is 5.82 Å². The molecular weight excluding hydrogens is 230 g/mol. The molecule has 1 aromatic heterocycles. The van der Waals surface area contributed by atoms with Gasteiger partial charge in [0.1, 0.15) is 5.82 Å². The zero-order valence-corrected chi connectivity index (χ0v) is 10.9. The summed E-state index contributed by atoms with van der Waals surface area (Å²) in [6, 6.07) is 3.27. The Labute approximate surface area is 107 Å². The van der Waals surface area contributed by atoms with Crippen molar-refractivity contribution in [3.05, 3.63) is 23.4 Å². The molecule has 0 radical (unpaired) electrons. The lowest BCUT2D eigenvalue weighted by Crippen LogP contribution is -2.29. The summed E-state index contributed by atoms with van der Waals surface area (Å²) in [5, 5.41) is 9.08. The molecule has 0 aromatic carbocycles. The SMILES string of the molecule is Cc1cc(C(=O)O)cc(N2CCCN(C)CC2)n1. The number of aromatic carboxylic acids is 1. The number of aromatic nitrogens is 1. The summed E-state index contributed by atoms with van der Waals surface area (Å²) < 4.78 is 0. The predicted octanol–water partition coefficient (Wildman–Crippen LogP) is 1.23. The molecule has 0 atom stereocenters. The van der Waals surface area contributed by atoms with E-state index in [0.717, 1.165) is 44.1 Å². The molecule has 5 heteroatoms. The van der Waals surface area contributed by atoms with Crippen LogP contribution in [0.2, 0.25) is 0 Å². The van der Waals surface area contributed by atoms with Gasteiger partial charge in [-0.15, -0.1) is 0 Å². The number of pyridine rings is 1. The predicted molar refractivity (Wildman–Crippen MR) is 70.3 cm³/mol. The van der Waals surface area contributed by atoms with E-state index < -0.39 is 5.97 Å². The van der Waals surface area contributed by atoms with Crippen molar-refractivity contribution in [2.45, 2.75) is 13.3 Å². The van der Waals surface area contributed by atoms with Gasteiger partial charge in [0, 0.05) is 25.3 Å². The monoisotopic (exact) mass is 249 g/mol. The number of hydrogen-bond donors (Lipinski definition) is 1. The summed E-state index contributed by atoms with van der Waals surface area (Å²) >= 11 is 0. The third-order valence-corrected chi connectivity index (χ3v) is 3.23. The van der Waals surface area contributed by atoms with Gasteiger partial charge in [-0.25, -0.2) is 9.78 Å². The van der Waals surface area contributed by atoms with E-state index in [-0.39, 0.29) is 0 Å². The van der Waals surface area contributed by atoms with Gasteiger partial charge in [0.05, 0.1) is 5.56 Å². The molecule has 1 aliphatic rings.